The number of carboxylic acids is 1. The molecule has 2 aromatic rings. The van der Waals surface area contributed by atoms with Crippen molar-refractivity contribution in [3.05, 3.63) is 35.4 Å². The van der Waals surface area contributed by atoms with Gasteiger partial charge in [-0.25, -0.2) is 19.7 Å². The average Bonchev–Trinajstić information content (AvgIpc) is 2.92. The van der Waals surface area contributed by atoms with Gasteiger partial charge in [0.05, 0.1) is 12.2 Å². The van der Waals surface area contributed by atoms with Crippen LogP contribution in [0.3, 0.4) is 0 Å². The molecule has 1 aliphatic heterocycles. The second-order valence-corrected chi connectivity index (χ2v) is 6.44. The third kappa shape index (κ3) is 4.33. The van der Waals surface area contributed by atoms with Crippen molar-refractivity contribution in [2.24, 2.45) is 5.92 Å². The predicted octanol–water partition coefficient (Wildman–Crippen LogP) is 2.10. The molecule has 2 N–H and O–H groups in total. The smallest absolute Gasteiger partial charge is 0.341 e. The second-order valence-electron chi connectivity index (χ2n) is 6.44. The summed E-state index contributed by atoms with van der Waals surface area (Å²) in [6, 6.07) is 0. The Balaban J connectivity index is 1.47. The molecule has 3 heterocycles. The molecule has 1 fully saturated rings. The van der Waals surface area contributed by atoms with Crippen LogP contribution in [-0.2, 0) is 6.54 Å². The molecule has 0 aliphatic carbocycles. The van der Waals surface area contributed by atoms with Crippen molar-refractivity contribution in [1.82, 2.24) is 19.9 Å². The van der Waals surface area contributed by atoms with E-state index in [0.29, 0.717) is 18.3 Å². The van der Waals surface area contributed by atoms with Crippen LogP contribution in [0.25, 0.3) is 0 Å². The molecular weight excluding hydrogens is 322 g/mol. The first-order valence-electron chi connectivity index (χ1n) is 8.45. The molecule has 0 saturated carbocycles. The molecule has 0 bridgehead atoms. The summed E-state index contributed by atoms with van der Waals surface area (Å²) < 4.78 is 5.65. The van der Waals surface area contributed by atoms with Crippen molar-refractivity contribution >= 4 is 11.8 Å². The number of hydrogen-bond acceptors (Lipinski definition) is 7. The molecular formula is C17H23N5O3. The molecule has 0 spiro atoms. The summed E-state index contributed by atoms with van der Waals surface area (Å²) in [7, 11) is 0. The van der Waals surface area contributed by atoms with Gasteiger partial charge in [-0.1, -0.05) is 0 Å². The van der Waals surface area contributed by atoms with Gasteiger partial charge in [0.2, 0.25) is 5.89 Å². The number of aryl methyl sites for hydroxylation is 2. The summed E-state index contributed by atoms with van der Waals surface area (Å²) in [5.41, 5.74) is 1.06. The third-order valence-electron chi connectivity index (χ3n) is 4.64. The first-order chi connectivity index (χ1) is 12.0. The number of nitrogens with zero attached hydrogens (tertiary/aromatic N) is 4. The minimum Gasteiger partial charge on any atom is -0.477 e. The number of piperidine rings is 1. The van der Waals surface area contributed by atoms with Crippen LogP contribution in [0.5, 0.6) is 0 Å². The Bertz CT molecular complexity index is 718. The van der Waals surface area contributed by atoms with Gasteiger partial charge >= 0.3 is 5.97 Å². The van der Waals surface area contributed by atoms with E-state index in [1.165, 1.54) is 12.5 Å². The molecule has 25 heavy (non-hydrogen) atoms. The van der Waals surface area contributed by atoms with Gasteiger partial charge in [0, 0.05) is 12.7 Å². The number of carboxylic acid groups (broad SMARTS) is 1. The predicted molar refractivity (Wildman–Crippen MR) is 91.5 cm³/mol. The molecule has 0 aromatic carbocycles. The number of aromatic nitrogens is 3. The number of anilines is 1. The molecule has 8 heteroatoms. The Kier molecular flexibility index (Phi) is 5.28. The van der Waals surface area contributed by atoms with Crippen LogP contribution in [0.4, 0.5) is 5.82 Å². The van der Waals surface area contributed by atoms with E-state index in [1.807, 2.05) is 13.8 Å². The standard InChI is InChI=1S/C17H23N5O3/c1-11-12(2)25-15(21-11)9-22-5-3-13(4-6-22)7-19-16-14(17(23)24)8-18-10-20-16/h8,10,13H,3-7,9H2,1-2H3,(H,23,24)(H,18,19,20). The molecule has 0 unspecified atom stereocenters. The normalized spacial score (nSPS) is 16.1. The number of aromatic carboxylic acids is 1. The van der Waals surface area contributed by atoms with Crippen LogP contribution in [0.15, 0.2) is 16.9 Å². The first-order valence-corrected chi connectivity index (χ1v) is 8.45. The summed E-state index contributed by atoms with van der Waals surface area (Å²) in [5, 5.41) is 12.3. The van der Waals surface area contributed by atoms with Crippen LogP contribution in [-0.4, -0.2) is 50.6 Å². The molecule has 134 valence electrons. The van der Waals surface area contributed by atoms with E-state index in [-0.39, 0.29) is 5.56 Å². The third-order valence-corrected chi connectivity index (χ3v) is 4.64. The van der Waals surface area contributed by atoms with Gasteiger partial charge in [0.1, 0.15) is 23.5 Å². The summed E-state index contributed by atoms with van der Waals surface area (Å²) in [5.74, 6) is 1.51. The Hall–Kier alpha value is -2.48. The fourth-order valence-corrected chi connectivity index (χ4v) is 3.01. The number of oxazole rings is 1. The van der Waals surface area contributed by atoms with E-state index in [0.717, 1.165) is 49.8 Å². The van der Waals surface area contributed by atoms with Crippen LogP contribution < -0.4 is 5.32 Å². The monoisotopic (exact) mass is 345 g/mol. The van der Waals surface area contributed by atoms with Gasteiger partial charge in [-0.3, -0.25) is 4.90 Å². The van der Waals surface area contributed by atoms with Crippen molar-refractivity contribution in [3.63, 3.8) is 0 Å². The van der Waals surface area contributed by atoms with E-state index in [4.69, 9.17) is 9.52 Å². The van der Waals surface area contributed by atoms with Gasteiger partial charge in [-0.2, -0.15) is 0 Å². The minimum atomic E-state index is -1.02. The highest BCUT2D eigenvalue weighted by Crippen LogP contribution is 2.21. The number of hydrogen-bond donors (Lipinski definition) is 2. The molecule has 2 aromatic heterocycles. The quantitative estimate of drug-likeness (QED) is 0.820. The van der Waals surface area contributed by atoms with E-state index in [2.05, 4.69) is 25.2 Å². The molecule has 3 rings (SSSR count). The maximum Gasteiger partial charge on any atom is 0.341 e. The zero-order valence-electron chi connectivity index (χ0n) is 14.5. The van der Waals surface area contributed by atoms with Gasteiger partial charge < -0.3 is 14.8 Å². The summed E-state index contributed by atoms with van der Waals surface area (Å²) >= 11 is 0. The van der Waals surface area contributed by atoms with Gasteiger partial charge in [0.15, 0.2) is 0 Å². The lowest BCUT2D eigenvalue weighted by atomic mass is 9.97. The second kappa shape index (κ2) is 7.60. The number of carbonyl (C=O) groups is 1. The Morgan fingerprint density at radius 3 is 2.80 bits per heavy atom. The first kappa shape index (κ1) is 17.3. The van der Waals surface area contributed by atoms with E-state index < -0.39 is 5.97 Å². The van der Waals surface area contributed by atoms with Gasteiger partial charge in [-0.15, -0.1) is 0 Å². The summed E-state index contributed by atoms with van der Waals surface area (Å²) in [4.78, 5) is 25.7. The largest absolute Gasteiger partial charge is 0.477 e. The van der Waals surface area contributed by atoms with Crippen LogP contribution in [0, 0.1) is 19.8 Å². The van der Waals surface area contributed by atoms with Crippen molar-refractivity contribution in [2.75, 3.05) is 25.0 Å². The highest BCUT2D eigenvalue weighted by atomic mass is 16.4. The van der Waals surface area contributed by atoms with Gasteiger partial charge in [0.25, 0.3) is 0 Å². The van der Waals surface area contributed by atoms with E-state index in [1.54, 1.807) is 0 Å². The van der Waals surface area contributed by atoms with E-state index in [9.17, 15) is 4.79 Å². The highest BCUT2D eigenvalue weighted by molar-refractivity contribution is 5.92. The fourth-order valence-electron chi connectivity index (χ4n) is 3.01. The van der Waals surface area contributed by atoms with Crippen molar-refractivity contribution in [1.29, 1.82) is 0 Å². The van der Waals surface area contributed by atoms with E-state index >= 15 is 0 Å². The molecule has 8 nitrogen and oxygen atoms in total. The van der Waals surface area contributed by atoms with Crippen molar-refractivity contribution in [2.45, 2.75) is 33.2 Å². The van der Waals surface area contributed by atoms with Gasteiger partial charge in [-0.05, 0) is 45.7 Å². The number of nitrogens with one attached hydrogen (secondary N) is 1. The summed E-state index contributed by atoms with van der Waals surface area (Å²) in [6.45, 7) is 7.29. The van der Waals surface area contributed by atoms with Crippen LogP contribution in [0.1, 0.15) is 40.5 Å². The Morgan fingerprint density at radius 1 is 1.40 bits per heavy atom. The maximum absolute atomic E-state index is 11.2. The zero-order valence-corrected chi connectivity index (χ0v) is 14.5. The number of rotatable bonds is 6. The lowest BCUT2D eigenvalue weighted by molar-refractivity contribution is 0.0697. The lowest BCUT2D eigenvalue weighted by Crippen LogP contribution is -2.35. The lowest BCUT2D eigenvalue weighted by Gasteiger charge is -2.31. The maximum atomic E-state index is 11.2. The van der Waals surface area contributed by atoms with Crippen LogP contribution in [0.2, 0.25) is 0 Å². The zero-order chi connectivity index (χ0) is 17.8. The topological polar surface area (TPSA) is 104 Å². The summed E-state index contributed by atoms with van der Waals surface area (Å²) in [6.07, 6.45) is 4.76. The molecule has 0 radical (unpaired) electrons. The average molecular weight is 345 g/mol. The Morgan fingerprint density at radius 2 is 2.16 bits per heavy atom. The molecule has 1 saturated heterocycles. The highest BCUT2D eigenvalue weighted by Gasteiger charge is 2.21. The van der Waals surface area contributed by atoms with Crippen molar-refractivity contribution < 1.29 is 14.3 Å². The number of likely N-dealkylation sites (tertiary alicyclic amines) is 1. The minimum absolute atomic E-state index is 0.106. The molecule has 0 atom stereocenters. The Labute approximate surface area is 146 Å². The van der Waals surface area contributed by atoms with Crippen molar-refractivity contribution in [3.8, 4) is 0 Å². The molecule has 0 amide bonds. The SMILES string of the molecule is Cc1nc(CN2CCC(CNc3ncncc3C(=O)O)CC2)oc1C. The van der Waals surface area contributed by atoms with Crippen LogP contribution >= 0.6 is 0 Å². The molecule has 1 aliphatic rings. The fraction of sp³-hybridized carbons (Fsp3) is 0.529.